The van der Waals surface area contributed by atoms with Gasteiger partial charge in [0.15, 0.2) is 0 Å². The maximum Gasteiger partial charge on any atom is 0.0584 e. The van der Waals surface area contributed by atoms with Gasteiger partial charge in [-0.2, -0.15) is 0 Å². The first-order chi connectivity index (χ1) is 7.43. The number of hydrogen-bond acceptors (Lipinski definition) is 3. The van der Waals surface area contributed by atoms with Gasteiger partial charge in [-0.1, -0.05) is 36.0 Å². The van der Waals surface area contributed by atoms with Crippen molar-refractivity contribution in [2.75, 3.05) is 6.54 Å². The lowest BCUT2D eigenvalue weighted by molar-refractivity contribution is 0.861. The van der Waals surface area contributed by atoms with Crippen LogP contribution in [-0.2, 0) is 0 Å². The predicted octanol–water partition coefficient (Wildman–Crippen LogP) is 4.18. The molecule has 0 aliphatic heterocycles. The first kappa shape index (κ1) is 12.2. The lowest BCUT2D eigenvalue weighted by Crippen LogP contribution is -1.76. The number of aliphatic imine (C=N–C) groups is 1. The summed E-state index contributed by atoms with van der Waals surface area (Å²) in [5.74, 6) is 0. The van der Waals surface area contributed by atoms with Crippen LogP contribution in [0, 0.1) is 0 Å². The van der Waals surface area contributed by atoms with Crippen molar-refractivity contribution in [2.24, 2.45) is 4.99 Å². The van der Waals surface area contributed by atoms with Gasteiger partial charge in [0.05, 0.1) is 5.16 Å². The first-order valence-corrected chi connectivity index (χ1v) is 6.12. The van der Waals surface area contributed by atoms with Crippen LogP contribution in [0.4, 0.5) is 0 Å². The van der Waals surface area contributed by atoms with Crippen LogP contribution in [0.3, 0.4) is 0 Å². The van der Waals surface area contributed by atoms with Crippen LogP contribution >= 0.6 is 24.0 Å². The second-order valence-electron chi connectivity index (χ2n) is 2.92. The summed E-state index contributed by atoms with van der Waals surface area (Å²) in [7, 11) is 0. The molecule has 0 spiro atoms. The number of allylic oxidation sites excluding steroid dienone is 1. The fraction of sp³-hybridized carbons (Fsp3) is 0.250. The van der Waals surface area contributed by atoms with Gasteiger partial charge in [-0.3, -0.25) is 0 Å². The number of thioether (sulfide) groups is 1. The fourth-order valence-corrected chi connectivity index (χ4v) is 1.82. The summed E-state index contributed by atoms with van der Waals surface area (Å²) in [4.78, 5) is 5.12. The molecule has 0 amide bonds. The number of hydrogen-bond donors (Lipinski definition) is 0. The Morgan fingerprint density at radius 3 is 2.87 bits per heavy atom. The Bertz CT molecular complexity index is 340. The standard InChI is InChI=1S/C12H13NS2/c14-11-13-9-5-2-6-10-15-12-7-3-1-4-8-12/h1,3-4,6-8,10H,2,5,9H2/b10-6+. The zero-order valence-corrected chi connectivity index (χ0v) is 10.1. The molecule has 0 N–H and O–H groups in total. The van der Waals surface area contributed by atoms with Crippen molar-refractivity contribution in [3.05, 3.63) is 41.8 Å². The lowest BCUT2D eigenvalue weighted by atomic mass is 10.3. The van der Waals surface area contributed by atoms with E-state index in [1.165, 1.54) is 4.90 Å². The number of nitrogens with zero attached hydrogens (tertiary/aromatic N) is 1. The summed E-state index contributed by atoms with van der Waals surface area (Å²) >= 11 is 6.21. The summed E-state index contributed by atoms with van der Waals surface area (Å²) in [6.45, 7) is 0.782. The third-order valence-corrected chi connectivity index (χ3v) is 2.75. The molecule has 0 radical (unpaired) electrons. The molecule has 0 unspecified atom stereocenters. The molecule has 15 heavy (non-hydrogen) atoms. The molecule has 1 aromatic rings. The molecule has 1 aromatic carbocycles. The highest BCUT2D eigenvalue weighted by molar-refractivity contribution is 8.02. The van der Waals surface area contributed by atoms with E-state index in [2.05, 4.69) is 46.0 Å². The van der Waals surface area contributed by atoms with Crippen molar-refractivity contribution in [3.63, 3.8) is 0 Å². The van der Waals surface area contributed by atoms with Gasteiger partial charge in [0.25, 0.3) is 0 Å². The van der Waals surface area contributed by atoms with Gasteiger partial charge in [-0.15, -0.1) is 0 Å². The minimum Gasteiger partial charge on any atom is -0.233 e. The molecule has 1 rings (SSSR count). The summed E-state index contributed by atoms with van der Waals surface area (Å²) < 4.78 is 0. The van der Waals surface area contributed by atoms with Crippen LogP contribution in [0.1, 0.15) is 12.8 Å². The molecule has 0 aliphatic carbocycles. The molecule has 0 saturated carbocycles. The van der Waals surface area contributed by atoms with Gasteiger partial charge >= 0.3 is 0 Å². The van der Waals surface area contributed by atoms with Crippen LogP contribution in [0.2, 0.25) is 0 Å². The first-order valence-electron chi connectivity index (χ1n) is 4.84. The Morgan fingerprint density at radius 2 is 2.13 bits per heavy atom. The molecule has 0 fully saturated rings. The molecule has 3 heteroatoms. The zero-order chi connectivity index (χ0) is 10.8. The van der Waals surface area contributed by atoms with Crippen LogP contribution < -0.4 is 0 Å². The van der Waals surface area contributed by atoms with Gasteiger partial charge in [0.2, 0.25) is 0 Å². The molecular weight excluding hydrogens is 222 g/mol. The molecule has 0 aliphatic rings. The van der Waals surface area contributed by atoms with Crippen molar-refractivity contribution in [1.82, 2.24) is 0 Å². The topological polar surface area (TPSA) is 12.4 Å². The maximum absolute atomic E-state index is 4.48. The SMILES string of the molecule is S=C=NCCC/C=C/Sc1ccccc1. The average molecular weight is 235 g/mol. The predicted molar refractivity (Wildman–Crippen MR) is 70.6 cm³/mol. The quantitative estimate of drug-likeness (QED) is 0.317. The average Bonchev–Trinajstić information content (AvgIpc) is 2.29. The van der Waals surface area contributed by atoms with E-state index in [9.17, 15) is 0 Å². The zero-order valence-electron chi connectivity index (χ0n) is 8.43. The minimum atomic E-state index is 0.782. The second kappa shape index (κ2) is 8.42. The molecule has 0 bridgehead atoms. The van der Waals surface area contributed by atoms with Crippen molar-refractivity contribution >= 4 is 29.1 Å². The Kier molecular flexibility index (Phi) is 6.84. The molecule has 0 heterocycles. The highest BCUT2D eigenvalue weighted by atomic mass is 32.2. The number of benzene rings is 1. The third kappa shape index (κ3) is 6.24. The number of thiocarbonyl (C=S) groups is 1. The Balaban J connectivity index is 2.14. The van der Waals surface area contributed by atoms with Crippen LogP contribution in [-0.4, -0.2) is 11.7 Å². The second-order valence-corrected chi connectivity index (χ2v) is 4.08. The molecule has 78 valence electrons. The van der Waals surface area contributed by atoms with Crippen LogP contribution in [0.25, 0.3) is 0 Å². The third-order valence-electron chi connectivity index (χ3n) is 1.75. The van der Waals surface area contributed by atoms with Crippen molar-refractivity contribution in [2.45, 2.75) is 17.7 Å². The Labute approximate surface area is 100 Å². The highest BCUT2D eigenvalue weighted by Gasteiger charge is 1.86. The summed E-state index contributed by atoms with van der Waals surface area (Å²) in [5, 5.41) is 4.48. The summed E-state index contributed by atoms with van der Waals surface area (Å²) in [6.07, 6.45) is 4.24. The smallest absolute Gasteiger partial charge is 0.0584 e. The summed E-state index contributed by atoms with van der Waals surface area (Å²) in [6, 6.07) is 10.3. The number of isothiocyanates is 1. The molecular formula is C12H13NS2. The van der Waals surface area contributed by atoms with E-state index in [1.807, 2.05) is 18.2 Å². The van der Waals surface area contributed by atoms with E-state index in [0.29, 0.717) is 0 Å². The molecule has 0 atom stereocenters. The fourth-order valence-electron chi connectivity index (χ4n) is 1.03. The monoisotopic (exact) mass is 235 g/mol. The summed E-state index contributed by atoms with van der Waals surface area (Å²) in [5.41, 5.74) is 0. The van der Waals surface area contributed by atoms with Crippen molar-refractivity contribution in [3.8, 4) is 0 Å². The van der Waals surface area contributed by atoms with Crippen molar-refractivity contribution in [1.29, 1.82) is 0 Å². The van der Waals surface area contributed by atoms with E-state index < -0.39 is 0 Å². The number of rotatable bonds is 6. The normalized spacial score (nSPS) is 10.1. The van der Waals surface area contributed by atoms with E-state index in [4.69, 9.17) is 0 Å². The van der Waals surface area contributed by atoms with E-state index in [-0.39, 0.29) is 0 Å². The van der Waals surface area contributed by atoms with Gasteiger partial charge in [0.1, 0.15) is 0 Å². The number of unbranched alkanes of at least 4 members (excludes halogenated alkanes) is 1. The van der Waals surface area contributed by atoms with Gasteiger partial charge in [-0.05, 0) is 42.6 Å². The maximum atomic E-state index is 4.48. The van der Waals surface area contributed by atoms with E-state index in [0.717, 1.165) is 19.4 Å². The van der Waals surface area contributed by atoms with Crippen LogP contribution in [0.5, 0.6) is 0 Å². The van der Waals surface area contributed by atoms with Gasteiger partial charge < -0.3 is 0 Å². The largest absolute Gasteiger partial charge is 0.233 e. The molecule has 1 nitrogen and oxygen atoms in total. The molecule has 0 aromatic heterocycles. The van der Waals surface area contributed by atoms with Gasteiger partial charge in [-0.25, -0.2) is 4.99 Å². The van der Waals surface area contributed by atoms with E-state index in [1.54, 1.807) is 11.8 Å². The highest BCUT2D eigenvalue weighted by Crippen LogP contribution is 2.18. The lowest BCUT2D eigenvalue weighted by Gasteiger charge is -1.93. The Hall–Kier alpha value is -0.890. The molecule has 0 saturated heterocycles. The van der Waals surface area contributed by atoms with E-state index >= 15 is 0 Å². The van der Waals surface area contributed by atoms with Crippen LogP contribution in [0.15, 0.2) is 51.7 Å². The van der Waals surface area contributed by atoms with Crippen molar-refractivity contribution < 1.29 is 0 Å². The Morgan fingerprint density at radius 1 is 1.33 bits per heavy atom. The van der Waals surface area contributed by atoms with Gasteiger partial charge in [0, 0.05) is 11.4 Å². The minimum absolute atomic E-state index is 0.782.